The standard InChI is InChI=1S/C25H22ClN3O4S/c26-20-8-9-23-19(15-20)7-6-18-3-2-12-27-25(18)24(23)17-10-13-28(14-11-17)34(32,33)22-5-1-4-21(16-22)29(30)31/h1-5,8-9,12,15-16H,6-7,10-11,13-14H2. The van der Waals surface area contributed by atoms with Crippen molar-refractivity contribution < 1.29 is 13.3 Å². The summed E-state index contributed by atoms with van der Waals surface area (Å²) < 4.78 is 27.8. The molecule has 1 aliphatic carbocycles. The molecule has 2 heterocycles. The van der Waals surface area contributed by atoms with Gasteiger partial charge in [0.2, 0.25) is 10.0 Å². The Kier molecular flexibility index (Phi) is 5.97. The molecule has 0 bridgehead atoms. The molecule has 5 rings (SSSR count). The predicted octanol–water partition coefficient (Wildman–Crippen LogP) is 5.03. The van der Waals surface area contributed by atoms with Gasteiger partial charge in [-0.3, -0.25) is 15.1 Å². The zero-order valence-electron chi connectivity index (χ0n) is 18.3. The minimum absolute atomic E-state index is 0.0562. The predicted molar refractivity (Wildman–Crippen MR) is 130 cm³/mol. The second-order valence-corrected chi connectivity index (χ2v) is 10.8. The van der Waals surface area contributed by atoms with E-state index in [0.717, 1.165) is 41.3 Å². The maximum Gasteiger partial charge on any atom is 0.270 e. The highest BCUT2D eigenvalue weighted by Crippen LogP contribution is 2.39. The summed E-state index contributed by atoms with van der Waals surface area (Å²) in [6, 6.07) is 15.2. The van der Waals surface area contributed by atoms with Crippen LogP contribution < -0.4 is 0 Å². The Morgan fingerprint density at radius 2 is 1.71 bits per heavy atom. The summed E-state index contributed by atoms with van der Waals surface area (Å²) in [7, 11) is -3.83. The molecule has 2 aliphatic rings. The number of piperidine rings is 1. The molecule has 0 amide bonds. The largest absolute Gasteiger partial charge is 0.270 e. The fraction of sp³-hybridized carbons (Fsp3) is 0.240. The molecule has 0 N–H and O–H groups in total. The van der Waals surface area contributed by atoms with Gasteiger partial charge in [0.05, 0.1) is 15.5 Å². The van der Waals surface area contributed by atoms with Gasteiger partial charge in [0.1, 0.15) is 0 Å². The average molecular weight is 496 g/mol. The number of aryl methyl sites for hydroxylation is 2. The van der Waals surface area contributed by atoms with Crippen LogP contribution in [-0.2, 0) is 22.9 Å². The van der Waals surface area contributed by atoms with Crippen LogP contribution in [0.4, 0.5) is 5.69 Å². The average Bonchev–Trinajstić information content (AvgIpc) is 3.01. The first-order valence-corrected chi connectivity index (χ1v) is 12.9. The molecule has 9 heteroatoms. The Labute approximate surface area is 202 Å². The monoisotopic (exact) mass is 495 g/mol. The van der Waals surface area contributed by atoms with E-state index in [1.165, 1.54) is 33.6 Å². The molecule has 1 aromatic heterocycles. The van der Waals surface area contributed by atoms with Crippen molar-refractivity contribution in [1.82, 2.24) is 9.29 Å². The van der Waals surface area contributed by atoms with Crippen molar-refractivity contribution in [3.8, 4) is 0 Å². The quantitative estimate of drug-likeness (QED) is 0.375. The molecule has 34 heavy (non-hydrogen) atoms. The van der Waals surface area contributed by atoms with Crippen molar-refractivity contribution in [3.63, 3.8) is 0 Å². The maximum atomic E-state index is 13.2. The first-order chi connectivity index (χ1) is 16.3. The molecule has 7 nitrogen and oxygen atoms in total. The van der Waals surface area contributed by atoms with Gasteiger partial charge >= 0.3 is 0 Å². The number of fused-ring (bicyclic) bond motifs is 2. The van der Waals surface area contributed by atoms with Crippen molar-refractivity contribution in [3.05, 3.63) is 104 Å². The van der Waals surface area contributed by atoms with Crippen molar-refractivity contribution in [2.75, 3.05) is 13.1 Å². The lowest BCUT2D eigenvalue weighted by Crippen LogP contribution is -2.36. The van der Waals surface area contributed by atoms with Gasteiger partial charge in [-0.2, -0.15) is 4.31 Å². The lowest BCUT2D eigenvalue weighted by atomic mass is 9.89. The molecule has 3 aromatic rings. The van der Waals surface area contributed by atoms with E-state index in [1.807, 2.05) is 24.3 Å². The zero-order valence-corrected chi connectivity index (χ0v) is 19.8. The summed E-state index contributed by atoms with van der Waals surface area (Å²) in [6.07, 6.45) is 4.63. The minimum Gasteiger partial charge on any atom is -0.258 e. The van der Waals surface area contributed by atoms with E-state index in [-0.39, 0.29) is 10.6 Å². The van der Waals surface area contributed by atoms with Crippen molar-refractivity contribution in [1.29, 1.82) is 0 Å². The zero-order chi connectivity index (χ0) is 23.9. The number of hydrogen-bond acceptors (Lipinski definition) is 5. The molecule has 0 saturated carbocycles. The summed E-state index contributed by atoms with van der Waals surface area (Å²) in [4.78, 5) is 15.2. The summed E-state index contributed by atoms with van der Waals surface area (Å²) in [5.41, 5.74) is 6.39. The van der Waals surface area contributed by atoms with Crippen molar-refractivity contribution >= 4 is 32.9 Å². The van der Waals surface area contributed by atoms with Gasteiger partial charge < -0.3 is 0 Å². The number of sulfonamides is 1. The van der Waals surface area contributed by atoms with Crippen LogP contribution in [0.25, 0.3) is 5.57 Å². The topological polar surface area (TPSA) is 93.4 Å². The molecule has 1 fully saturated rings. The minimum atomic E-state index is -3.83. The third kappa shape index (κ3) is 4.13. The molecule has 0 radical (unpaired) electrons. The van der Waals surface area contributed by atoms with Gasteiger partial charge in [-0.1, -0.05) is 35.4 Å². The Hall–Kier alpha value is -3.07. The van der Waals surface area contributed by atoms with Crippen LogP contribution in [0.2, 0.25) is 5.02 Å². The Morgan fingerprint density at radius 3 is 2.47 bits per heavy atom. The number of halogens is 1. The van der Waals surface area contributed by atoms with E-state index in [1.54, 1.807) is 6.20 Å². The van der Waals surface area contributed by atoms with Crippen molar-refractivity contribution in [2.24, 2.45) is 0 Å². The van der Waals surface area contributed by atoms with E-state index < -0.39 is 14.9 Å². The fourth-order valence-electron chi connectivity index (χ4n) is 4.79. The van der Waals surface area contributed by atoms with E-state index in [0.29, 0.717) is 31.0 Å². The third-order valence-electron chi connectivity index (χ3n) is 6.47. The third-order valence-corrected chi connectivity index (χ3v) is 8.60. The number of nitro benzene ring substituents is 1. The van der Waals surface area contributed by atoms with Crippen LogP contribution in [0.1, 0.15) is 35.2 Å². The first kappa shape index (κ1) is 22.7. The van der Waals surface area contributed by atoms with Gasteiger partial charge in [0.15, 0.2) is 0 Å². The van der Waals surface area contributed by atoms with Gasteiger partial charge in [-0.25, -0.2) is 8.42 Å². The molecular weight excluding hydrogens is 474 g/mol. The van der Waals surface area contributed by atoms with E-state index in [2.05, 4.69) is 6.07 Å². The lowest BCUT2D eigenvalue weighted by molar-refractivity contribution is -0.385. The van der Waals surface area contributed by atoms with Crippen LogP contribution in [-0.4, -0.2) is 35.7 Å². The maximum absolute atomic E-state index is 13.2. The Balaban J connectivity index is 1.51. The normalized spacial score (nSPS) is 16.5. The highest BCUT2D eigenvalue weighted by molar-refractivity contribution is 7.89. The number of nitrogens with zero attached hydrogens (tertiary/aromatic N) is 3. The molecule has 2 aromatic carbocycles. The number of pyridine rings is 1. The molecular formula is C25H22ClN3O4S. The Bertz CT molecular complexity index is 1430. The number of benzene rings is 2. The number of non-ortho nitro benzene ring substituents is 1. The van der Waals surface area contributed by atoms with Gasteiger partial charge in [0.25, 0.3) is 5.69 Å². The molecule has 0 atom stereocenters. The highest BCUT2D eigenvalue weighted by Gasteiger charge is 2.31. The van der Waals surface area contributed by atoms with Crippen molar-refractivity contribution in [2.45, 2.75) is 30.6 Å². The number of aromatic nitrogens is 1. The lowest BCUT2D eigenvalue weighted by Gasteiger charge is -2.29. The van der Waals surface area contributed by atoms with Crippen LogP contribution in [0.5, 0.6) is 0 Å². The fourth-order valence-corrected chi connectivity index (χ4v) is 6.46. The second-order valence-electron chi connectivity index (χ2n) is 8.45. The summed E-state index contributed by atoms with van der Waals surface area (Å²) >= 11 is 6.29. The highest BCUT2D eigenvalue weighted by atomic mass is 35.5. The second kappa shape index (κ2) is 8.94. The number of hydrogen-bond donors (Lipinski definition) is 0. The Morgan fingerprint density at radius 1 is 0.941 bits per heavy atom. The smallest absolute Gasteiger partial charge is 0.258 e. The van der Waals surface area contributed by atoms with Crippen LogP contribution >= 0.6 is 11.6 Å². The summed E-state index contributed by atoms with van der Waals surface area (Å²) in [6.45, 7) is 0.601. The van der Waals surface area contributed by atoms with Crippen LogP contribution in [0.3, 0.4) is 0 Å². The van der Waals surface area contributed by atoms with Gasteiger partial charge in [0, 0.05) is 42.0 Å². The SMILES string of the molecule is O=[N+]([O-])c1cccc(S(=O)(=O)N2CCC(=C3c4ccc(Cl)cc4CCc4cccnc43)CC2)c1. The van der Waals surface area contributed by atoms with Crippen LogP contribution in [0, 0.1) is 10.1 Å². The summed E-state index contributed by atoms with van der Waals surface area (Å²) in [5.74, 6) is 0. The van der Waals surface area contributed by atoms with Gasteiger partial charge in [-0.15, -0.1) is 0 Å². The molecule has 174 valence electrons. The van der Waals surface area contributed by atoms with E-state index in [9.17, 15) is 18.5 Å². The molecule has 0 unspecified atom stereocenters. The number of nitro groups is 1. The van der Waals surface area contributed by atoms with E-state index in [4.69, 9.17) is 16.6 Å². The summed E-state index contributed by atoms with van der Waals surface area (Å²) in [5, 5.41) is 11.8. The van der Waals surface area contributed by atoms with Crippen LogP contribution in [0.15, 0.2) is 71.3 Å². The molecule has 1 aliphatic heterocycles. The first-order valence-electron chi connectivity index (χ1n) is 11.0. The molecule has 0 spiro atoms. The molecule has 1 saturated heterocycles. The van der Waals surface area contributed by atoms with E-state index >= 15 is 0 Å². The number of rotatable bonds is 3. The van der Waals surface area contributed by atoms with Gasteiger partial charge in [-0.05, 0) is 66.6 Å².